The van der Waals surface area contributed by atoms with Crippen LogP contribution in [0.4, 0.5) is 0 Å². The van der Waals surface area contributed by atoms with E-state index in [1.807, 2.05) is 4.90 Å². The Hall–Kier alpha value is -0.610. The zero-order valence-electron chi connectivity index (χ0n) is 11.5. The van der Waals surface area contributed by atoms with E-state index in [1.165, 1.54) is 0 Å². The van der Waals surface area contributed by atoms with Crippen molar-refractivity contribution in [3.63, 3.8) is 0 Å². The van der Waals surface area contributed by atoms with E-state index >= 15 is 0 Å². The van der Waals surface area contributed by atoms with E-state index in [0.29, 0.717) is 6.04 Å². The molecule has 1 aliphatic rings. The van der Waals surface area contributed by atoms with Gasteiger partial charge in [0.2, 0.25) is 5.91 Å². The lowest BCUT2D eigenvalue weighted by Crippen LogP contribution is -2.44. The number of likely N-dealkylation sites (N-methyl/N-ethyl adjacent to an activating group) is 1. The van der Waals surface area contributed by atoms with Crippen LogP contribution in [0.15, 0.2) is 0 Å². The van der Waals surface area contributed by atoms with Gasteiger partial charge < -0.3 is 10.6 Å². The molecule has 1 fully saturated rings. The van der Waals surface area contributed by atoms with Crippen molar-refractivity contribution in [1.82, 2.24) is 9.80 Å². The normalized spacial score (nSPS) is 22.2. The molecule has 1 unspecified atom stereocenters. The summed E-state index contributed by atoms with van der Waals surface area (Å²) in [5.74, 6) is 0.140. The molecular formula is C13H27N3O. The van der Waals surface area contributed by atoms with E-state index in [-0.39, 0.29) is 11.9 Å². The monoisotopic (exact) mass is 241 g/mol. The molecule has 1 amide bonds. The third-order valence-electron chi connectivity index (χ3n) is 3.72. The van der Waals surface area contributed by atoms with Crippen LogP contribution in [-0.2, 0) is 4.79 Å². The Kier molecular flexibility index (Phi) is 5.92. The minimum atomic E-state index is -0.296. The molecule has 0 aromatic rings. The molecule has 0 radical (unpaired) electrons. The first-order chi connectivity index (χ1) is 8.13. The van der Waals surface area contributed by atoms with Crippen molar-refractivity contribution in [3.05, 3.63) is 0 Å². The van der Waals surface area contributed by atoms with E-state index in [1.54, 1.807) is 0 Å². The van der Waals surface area contributed by atoms with Crippen molar-refractivity contribution in [2.75, 3.05) is 26.2 Å². The molecule has 2 N–H and O–H groups in total. The van der Waals surface area contributed by atoms with E-state index < -0.39 is 0 Å². The second-order valence-corrected chi connectivity index (χ2v) is 4.84. The van der Waals surface area contributed by atoms with Gasteiger partial charge in [-0.2, -0.15) is 0 Å². The van der Waals surface area contributed by atoms with Crippen molar-refractivity contribution in [3.8, 4) is 0 Å². The predicted molar refractivity (Wildman–Crippen MR) is 70.8 cm³/mol. The highest BCUT2D eigenvalue weighted by Crippen LogP contribution is 2.16. The molecule has 0 aromatic carbocycles. The van der Waals surface area contributed by atoms with Gasteiger partial charge in [-0.05, 0) is 25.9 Å². The Labute approximate surface area is 105 Å². The first-order valence-electron chi connectivity index (χ1n) is 6.92. The highest BCUT2D eigenvalue weighted by atomic mass is 16.2. The minimum Gasteiger partial charge on any atom is -0.340 e. The standard InChI is InChI=1S/C13H27N3O/c1-4-7-12(14)13(17)16-9-8-11(10-16)15(5-2)6-3/h11-12H,4-10,14H2,1-3H3/t11?,12-/m1/s1. The van der Waals surface area contributed by atoms with Crippen molar-refractivity contribution < 1.29 is 4.79 Å². The lowest BCUT2D eigenvalue weighted by atomic mass is 10.1. The molecule has 17 heavy (non-hydrogen) atoms. The average molecular weight is 241 g/mol. The van der Waals surface area contributed by atoms with E-state index in [4.69, 9.17) is 5.73 Å². The molecule has 4 nitrogen and oxygen atoms in total. The molecular weight excluding hydrogens is 214 g/mol. The smallest absolute Gasteiger partial charge is 0.239 e. The van der Waals surface area contributed by atoms with E-state index in [0.717, 1.165) is 45.4 Å². The number of nitrogens with two attached hydrogens (primary N) is 1. The summed E-state index contributed by atoms with van der Waals surface area (Å²) in [6.45, 7) is 10.3. The summed E-state index contributed by atoms with van der Waals surface area (Å²) in [6.07, 6.45) is 2.86. The summed E-state index contributed by atoms with van der Waals surface area (Å²) < 4.78 is 0. The number of hydrogen-bond donors (Lipinski definition) is 1. The summed E-state index contributed by atoms with van der Waals surface area (Å²) >= 11 is 0. The fourth-order valence-corrected chi connectivity index (χ4v) is 2.65. The van der Waals surface area contributed by atoms with E-state index in [9.17, 15) is 4.79 Å². The van der Waals surface area contributed by atoms with Gasteiger partial charge in [0, 0.05) is 19.1 Å². The lowest BCUT2D eigenvalue weighted by Gasteiger charge is -2.26. The molecule has 2 atom stereocenters. The molecule has 100 valence electrons. The maximum atomic E-state index is 12.1. The molecule has 0 aliphatic carbocycles. The van der Waals surface area contributed by atoms with Gasteiger partial charge in [-0.15, -0.1) is 0 Å². The fourth-order valence-electron chi connectivity index (χ4n) is 2.65. The second-order valence-electron chi connectivity index (χ2n) is 4.84. The highest BCUT2D eigenvalue weighted by molar-refractivity contribution is 5.81. The number of hydrogen-bond acceptors (Lipinski definition) is 3. The van der Waals surface area contributed by atoms with Gasteiger partial charge in [0.15, 0.2) is 0 Å². The summed E-state index contributed by atoms with van der Waals surface area (Å²) in [6, 6.07) is 0.234. The Bertz CT molecular complexity index is 241. The molecule has 0 aromatic heterocycles. The number of carbonyl (C=O) groups excluding carboxylic acids is 1. The Morgan fingerprint density at radius 2 is 2.06 bits per heavy atom. The summed E-state index contributed by atoms with van der Waals surface area (Å²) in [5.41, 5.74) is 5.89. The van der Waals surface area contributed by atoms with Crippen LogP contribution in [0.3, 0.4) is 0 Å². The zero-order valence-corrected chi connectivity index (χ0v) is 11.5. The van der Waals surface area contributed by atoms with Crippen LogP contribution in [-0.4, -0.2) is 54.0 Å². The van der Waals surface area contributed by atoms with Crippen molar-refractivity contribution >= 4 is 5.91 Å². The van der Waals surface area contributed by atoms with Crippen LogP contribution in [0.2, 0.25) is 0 Å². The van der Waals surface area contributed by atoms with Gasteiger partial charge in [-0.25, -0.2) is 0 Å². The van der Waals surface area contributed by atoms with Gasteiger partial charge in [0.1, 0.15) is 0 Å². The number of rotatable bonds is 6. The zero-order chi connectivity index (χ0) is 12.8. The van der Waals surface area contributed by atoms with Crippen LogP contribution < -0.4 is 5.73 Å². The van der Waals surface area contributed by atoms with Gasteiger partial charge in [-0.1, -0.05) is 27.2 Å². The SMILES string of the molecule is CCC[C@@H](N)C(=O)N1CCC(N(CC)CC)C1. The molecule has 1 heterocycles. The highest BCUT2D eigenvalue weighted by Gasteiger charge is 2.30. The van der Waals surface area contributed by atoms with Crippen molar-refractivity contribution in [2.45, 2.75) is 52.1 Å². The molecule has 4 heteroatoms. The molecule has 1 aliphatic heterocycles. The lowest BCUT2D eigenvalue weighted by molar-refractivity contribution is -0.131. The third kappa shape index (κ3) is 3.68. The van der Waals surface area contributed by atoms with E-state index in [2.05, 4.69) is 25.7 Å². The van der Waals surface area contributed by atoms with Crippen LogP contribution in [0.1, 0.15) is 40.0 Å². The maximum absolute atomic E-state index is 12.1. The topological polar surface area (TPSA) is 49.6 Å². The number of carbonyl (C=O) groups is 1. The molecule has 0 saturated carbocycles. The molecule has 0 bridgehead atoms. The predicted octanol–water partition coefficient (Wildman–Crippen LogP) is 1.06. The number of likely N-dealkylation sites (tertiary alicyclic amines) is 1. The average Bonchev–Trinajstić information content (AvgIpc) is 2.79. The maximum Gasteiger partial charge on any atom is 0.239 e. The van der Waals surface area contributed by atoms with Crippen LogP contribution in [0.5, 0.6) is 0 Å². The first kappa shape index (κ1) is 14.5. The Morgan fingerprint density at radius 3 is 2.59 bits per heavy atom. The van der Waals surface area contributed by atoms with Crippen LogP contribution >= 0.6 is 0 Å². The number of nitrogens with zero attached hydrogens (tertiary/aromatic N) is 2. The summed E-state index contributed by atoms with van der Waals surface area (Å²) in [7, 11) is 0. The molecule has 1 saturated heterocycles. The van der Waals surface area contributed by atoms with Gasteiger partial charge in [-0.3, -0.25) is 9.69 Å². The largest absolute Gasteiger partial charge is 0.340 e. The third-order valence-corrected chi connectivity index (χ3v) is 3.72. The Balaban J connectivity index is 2.46. The molecule has 1 rings (SSSR count). The van der Waals surface area contributed by atoms with Crippen LogP contribution in [0.25, 0.3) is 0 Å². The fraction of sp³-hybridized carbons (Fsp3) is 0.923. The van der Waals surface area contributed by atoms with Gasteiger partial charge in [0.25, 0.3) is 0 Å². The quantitative estimate of drug-likeness (QED) is 0.756. The molecule has 0 spiro atoms. The Morgan fingerprint density at radius 1 is 1.41 bits per heavy atom. The summed E-state index contributed by atoms with van der Waals surface area (Å²) in [5, 5.41) is 0. The first-order valence-corrected chi connectivity index (χ1v) is 6.92. The summed E-state index contributed by atoms with van der Waals surface area (Å²) in [4.78, 5) is 16.4. The van der Waals surface area contributed by atoms with Crippen LogP contribution in [0, 0.1) is 0 Å². The van der Waals surface area contributed by atoms with Gasteiger partial charge >= 0.3 is 0 Å². The van der Waals surface area contributed by atoms with Gasteiger partial charge in [0.05, 0.1) is 6.04 Å². The second kappa shape index (κ2) is 6.97. The van der Waals surface area contributed by atoms with Crippen molar-refractivity contribution in [2.24, 2.45) is 5.73 Å². The number of amides is 1. The minimum absolute atomic E-state index is 0.140. The van der Waals surface area contributed by atoms with Crippen molar-refractivity contribution in [1.29, 1.82) is 0 Å².